The van der Waals surface area contributed by atoms with Crippen molar-refractivity contribution in [3.8, 4) is 5.75 Å². The number of fused-ring (bicyclic) bond motifs is 1. The van der Waals surface area contributed by atoms with Crippen molar-refractivity contribution >= 4 is 16.6 Å². The van der Waals surface area contributed by atoms with E-state index in [0.717, 1.165) is 54.9 Å². The number of likely N-dealkylation sites (tertiary alicyclic amines) is 1. The van der Waals surface area contributed by atoms with Crippen molar-refractivity contribution in [2.24, 2.45) is 0 Å². The lowest BCUT2D eigenvalue weighted by Gasteiger charge is -2.18. The van der Waals surface area contributed by atoms with Gasteiger partial charge in [-0.2, -0.15) is 0 Å². The van der Waals surface area contributed by atoms with Gasteiger partial charge in [0.1, 0.15) is 11.3 Å². The van der Waals surface area contributed by atoms with Crippen LogP contribution in [0.5, 0.6) is 5.75 Å². The lowest BCUT2D eigenvalue weighted by atomic mass is 10.1. The van der Waals surface area contributed by atoms with Gasteiger partial charge in [0.2, 0.25) is 0 Å². The molecule has 1 aliphatic rings. The SMILES string of the molecule is COc1cccc2c(NCc3ccccc3CN3CCC(O)C3)ccnc12. The number of nitrogens with one attached hydrogen (secondary N) is 1. The van der Waals surface area contributed by atoms with Gasteiger partial charge in [0.15, 0.2) is 0 Å². The Labute approximate surface area is 159 Å². The Kier molecular flexibility index (Phi) is 5.23. The summed E-state index contributed by atoms with van der Waals surface area (Å²) in [5.41, 5.74) is 4.48. The second-order valence-corrected chi connectivity index (χ2v) is 7.01. The van der Waals surface area contributed by atoms with E-state index in [-0.39, 0.29) is 6.10 Å². The first kappa shape index (κ1) is 17.8. The number of β-amino-alcohol motifs (C(OH)–C–C–N with tert-alkyl or cyclic N) is 1. The van der Waals surface area contributed by atoms with Crippen LogP contribution in [0, 0.1) is 0 Å². The minimum atomic E-state index is -0.187. The zero-order valence-electron chi connectivity index (χ0n) is 15.6. The molecule has 0 radical (unpaired) electrons. The second-order valence-electron chi connectivity index (χ2n) is 7.01. The van der Waals surface area contributed by atoms with E-state index >= 15 is 0 Å². The zero-order chi connectivity index (χ0) is 18.6. The molecule has 1 aliphatic heterocycles. The molecular formula is C22H25N3O2. The Morgan fingerprint density at radius 1 is 1.15 bits per heavy atom. The summed E-state index contributed by atoms with van der Waals surface area (Å²) in [6, 6.07) is 16.5. The number of rotatable bonds is 6. The number of aromatic nitrogens is 1. The number of nitrogens with zero attached hydrogens (tertiary/aromatic N) is 2. The molecule has 0 spiro atoms. The number of methoxy groups -OCH3 is 1. The average molecular weight is 363 g/mol. The Morgan fingerprint density at radius 2 is 2.00 bits per heavy atom. The minimum Gasteiger partial charge on any atom is -0.494 e. The van der Waals surface area contributed by atoms with Crippen molar-refractivity contribution in [1.82, 2.24) is 9.88 Å². The average Bonchev–Trinajstić information content (AvgIpc) is 3.11. The maximum Gasteiger partial charge on any atom is 0.145 e. The molecule has 1 saturated heterocycles. The summed E-state index contributed by atoms with van der Waals surface area (Å²) >= 11 is 0. The van der Waals surface area contributed by atoms with Crippen LogP contribution in [0.3, 0.4) is 0 Å². The predicted molar refractivity (Wildman–Crippen MR) is 108 cm³/mol. The highest BCUT2D eigenvalue weighted by molar-refractivity contribution is 5.94. The zero-order valence-corrected chi connectivity index (χ0v) is 15.6. The first-order valence-corrected chi connectivity index (χ1v) is 9.37. The number of aliphatic hydroxyl groups is 1. The first-order chi connectivity index (χ1) is 13.2. The number of anilines is 1. The summed E-state index contributed by atoms with van der Waals surface area (Å²) < 4.78 is 5.43. The van der Waals surface area contributed by atoms with Crippen LogP contribution < -0.4 is 10.1 Å². The molecular weight excluding hydrogens is 338 g/mol. The molecule has 0 bridgehead atoms. The normalized spacial score (nSPS) is 17.3. The van der Waals surface area contributed by atoms with Gasteiger partial charge >= 0.3 is 0 Å². The summed E-state index contributed by atoms with van der Waals surface area (Å²) in [7, 11) is 1.67. The van der Waals surface area contributed by atoms with Crippen LogP contribution >= 0.6 is 0 Å². The quantitative estimate of drug-likeness (QED) is 0.703. The summed E-state index contributed by atoms with van der Waals surface area (Å²) in [6.07, 6.45) is 2.49. The number of hydrogen-bond donors (Lipinski definition) is 2. The number of pyridine rings is 1. The Balaban J connectivity index is 1.53. The lowest BCUT2D eigenvalue weighted by molar-refractivity contribution is 0.174. The number of benzene rings is 2. The van der Waals surface area contributed by atoms with Crippen molar-refractivity contribution in [3.05, 3.63) is 65.9 Å². The van der Waals surface area contributed by atoms with E-state index in [4.69, 9.17) is 4.74 Å². The van der Waals surface area contributed by atoms with Gasteiger partial charge in [0.05, 0.1) is 13.2 Å². The monoisotopic (exact) mass is 363 g/mol. The van der Waals surface area contributed by atoms with Gasteiger partial charge in [0.25, 0.3) is 0 Å². The van der Waals surface area contributed by atoms with Gasteiger partial charge in [-0.3, -0.25) is 9.88 Å². The number of aliphatic hydroxyl groups excluding tert-OH is 1. The minimum absolute atomic E-state index is 0.187. The molecule has 2 aromatic carbocycles. The molecule has 2 N–H and O–H groups in total. The lowest BCUT2D eigenvalue weighted by Crippen LogP contribution is -2.22. The molecule has 0 saturated carbocycles. The summed E-state index contributed by atoms with van der Waals surface area (Å²) in [5.74, 6) is 0.782. The van der Waals surface area contributed by atoms with E-state index in [0.29, 0.717) is 0 Å². The van der Waals surface area contributed by atoms with Crippen LogP contribution in [0.15, 0.2) is 54.7 Å². The molecule has 4 rings (SSSR count). The molecule has 140 valence electrons. The standard InChI is InChI=1S/C22H25N3O2/c1-27-21-8-4-7-19-20(9-11-23-22(19)21)24-13-16-5-2-3-6-17(16)14-25-12-10-18(26)15-25/h2-9,11,18,26H,10,12-15H2,1H3,(H,23,24). The number of para-hydroxylation sites is 1. The third-order valence-corrected chi connectivity index (χ3v) is 5.18. The Bertz CT molecular complexity index is 928. The fourth-order valence-corrected chi connectivity index (χ4v) is 3.74. The highest BCUT2D eigenvalue weighted by atomic mass is 16.5. The molecule has 5 heteroatoms. The third kappa shape index (κ3) is 3.89. The summed E-state index contributed by atoms with van der Waals surface area (Å²) in [4.78, 5) is 6.78. The van der Waals surface area contributed by atoms with Crippen molar-refractivity contribution < 1.29 is 9.84 Å². The van der Waals surface area contributed by atoms with Gasteiger partial charge in [-0.15, -0.1) is 0 Å². The highest BCUT2D eigenvalue weighted by Crippen LogP contribution is 2.29. The van der Waals surface area contributed by atoms with E-state index in [1.54, 1.807) is 7.11 Å². The molecule has 27 heavy (non-hydrogen) atoms. The van der Waals surface area contributed by atoms with Crippen molar-refractivity contribution in [1.29, 1.82) is 0 Å². The predicted octanol–water partition coefficient (Wildman–Crippen LogP) is 3.42. The van der Waals surface area contributed by atoms with Gasteiger partial charge in [-0.05, 0) is 29.7 Å². The summed E-state index contributed by atoms with van der Waals surface area (Å²) in [5, 5.41) is 14.4. The molecule has 0 aliphatic carbocycles. The maximum atomic E-state index is 9.77. The molecule has 0 amide bonds. The molecule has 1 fully saturated rings. The van der Waals surface area contributed by atoms with Crippen LogP contribution in [0.1, 0.15) is 17.5 Å². The molecule has 1 atom stereocenters. The van der Waals surface area contributed by atoms with Gasteiger partial charge in [-0.1, -0.05) is 36.4 Å². The van der Waals surface area contributed by atoms with Crippen molar-refractivity contribution in [3.63, 3.8) is 0 Å². The van der Waals surface area contributed by atoms with Crippen molar-refractivity contribution in [2.75, 3.05) is 25.5 Å². The number of hydrogen-bond acceptors (Lipinski definition) is 5. The molecule has 1 unspecified atom stereocenters. The van der Waals surface area contributed by atoms with E-state index in [9.17, 15) is 5.11 Å². The number of ether oxygens (including phenoxy) is 1. The second kappa shape index (κ2) is 7.94. The maximum absolute atomic E-state index is 9.77. The van der Waals surface area contributed by atoms with E-state index in [1.165, 1.54) is 11.1 Å². The smallest absolute Gasteiger partial charge is 0.145 e. The third-order valence-electron chi connectivity index (χ3n) is 5.18. The molecule has 5 nitrogen and oxygen atoms in total. The molecule has 3 aromatic rings. The Hall–Kier alpha value is -2.63. The molecule has 2 heterocycles. The highest BCUT2D eigenvalue weighted by Gasteiger charge is 2.20. The van der Waals surface area contributed by atoms with Crippen LogP contribution in [-0.2, 0) is 13.1 Å². The van der Waals surface area contributed by atoms with Crippen LogP contribution in [0.4, 0.5) is 5.69 Å². The fourth-order valence-electron chi connectivity index (χ4n) is 3.74. The van der Waals surface area contributed by atoms with Crippen LogP contribution in [-0.4, -0.2) is 41.3 Å². The topological polar surface area (TPSA) is 57.6 Å². The van der Waals surface area contributed by atoms with Gasteiger partial charge in [-0.25, -0.2) is 0 Å². The van der Waals surface area contributed by atoms with Gasteiger partial charge < -0.3 is 15.2 Å². The first-order valence-electron chi connectivity index (χ1n) is 9.37. The molecule has 1 aromatic heterocycles. The van der Waals surface area contributed by atoms with Crippen LogP contribution in [0.2, 0.25) is 0 Å². The van der Waals surface area contributed by atoms with E-state index < -0.39 is 0 Å². The fraction of sp³-hybridized carbons (Fsp3) is 0.318. The van der Waals surface area contributed by atoms with E-state index in [1.807, 2.05) is 24.4 Å². The van der Waals surface area contributed by atoms with Crippen LogP contribution in [0.25, 0.3) is 10.9 Å². The Morgan fingerprint density at radius 3 is 2.78 bits per heavy atom. The van der Waals surface area contributed by atoms with E-state index in [2.05, 4.69) is 45.5 Å². The van der Waals surface area contributed by atoms with Crippen molar-refractivity contribution in [2.45, 2.75) is 25.6 Å². The summed E-state index contributed by atoms with van der Waals surface area (Å²) in [6.45, 7) is 3.33. The largest absolute Gasteiger partial charge is 0.494 e. The van der Waals surface area contributed by atoms with Gasteiger partial charge in [0, 0.05) is 43.4 Å².